The first kappa shape index (κ1) is 17.0. The van der Waals surface area contributed by atoms with Gasteiger partial charge < -0.3 is 9.67 Å². The van der Waals surface area contributed by atoms with Gasteiger partial charge >= 0.3 is 0 Å². The molecule has 3 aromatic rings. The molecule has 0 unspecified atom stereocenters. The van der Waals surface area contributed by atoms with Crippen molar-refractivity contribution in [2.75, 3.05) is 0 Å². The second-order valence-corrected chi connectivity index (χ2v) is 6.71. The van der Waals surface area contributed by atoms with E-state index in [1.807, 2.05) is 43.3 Å². The number of hydrogen-bond donors (Lipinski definition) is 2. The highest BCUT2D eigenvalue weighted by atomic mass is 16.3. The van der Waals surface area contributed by atoms with Crippen molar-refractivity contribution in [3.63, 3.8) is 0 Å². The molecule has 1 aliphatic rings. The lowest BCUT2D eigenvalue weighted by Crippen LogP contribution is -2.33. The van der Waals surface area contributed by atoms with Crippen molar-refractivity contribution in [1.82, 2.24) is 9.99 Å². The monoisotopic (exact) mass is 361 g/mol. The molecule has 6 nitrogen and oxygen atoms in total. The highest BCUT2D eigenvalue weighted by molar-refractivity contribution is 6.03. The summed E-state index contributed by atoms with van der Waals surface area (Å²) in [6, 6.07) is 13.1. The Morgan fingerprint density at radius 1 is 1.22 bits per heavy atom. The van der Waals surface area contributed by atoms with Crippen LogP contribution >= 0.6 is 0 Å². The summed E-state index contributed by atoms with van der Waals surface area (Å²) in [5.74, 6) is -1.01. The second kappa shape index (κ2) is 6.72. The van der Waals surface area contributed by atoms with Gasteiger partial charge in [-0.05, 0) is 37.0 Å². The van der Waals surface area contributed by atoms with Crippen molar-refractivity contribution in [3.8, 4) is 5.75 Å². The predicted molar refractivity (Wildman–Crippen MR) is 104 cm³/mol. The Hall–Kier alpha value is -3.41. The van der Waals surface area contributed by atoms with Crippen molar-refractivity contribution in [1.29, 1.82) is 0 Å². The van der Waals surface area contributed by atoms with E-state index < -0.39 is 11.5 Å². The van der Waals surface area contributed by atoms with Gasteiger partial charge in [-0.1, -0.05) is 42.0 Å². The highest BCUT2D eigenvalue weighted by Gasteiger charge is 2.24. The quantitative estimate of drug-likeness (QED) is 0.556. The molecular weight excluding hydrogens is 342 g/mol. The predicted octanol–water partition coefficient (Wildman–Crippen LogP) is 2.73. The molecule has 1 aliphatic heterocycles. The number of carbonyl (C=O) groups excluding carboxylic acids is 1. The minimum Gasteiger partial charge on any atom is -0.506 e. The number of nitrogens with one attached hydrogen (secondary N) is 1. The maximum atomic E-state index is 12.8. The van der Waals surface area contributed by atoms with Gasteiger partial charge in [0.15, 0.2) is 0 Å². The van der Waals surface area contributed by atoms with Crippen LogP contribution in [0.15, 0.2) is 52.4 Å². The van der Waals surface area contributed by atoms with Gasteiger partial charge in [0, 0.05) is 11.9 Å². The lowest BCUT2D eigenvalue weighted by Gasteiger charge is -2.21. The van der Waals surface area contributed by atoms with E-state index >= 15 is 0 Å². The number of hydrogen-bond acceptors (Lipinski definition) is 4. The molecule has 4 rings (SSSR count). The zero-order valence-corrected chi connectivity index (χ0v) is 14.9. The fraction of sp³-hybridized carbons (Fsp3) is 0.190. The molecule has 0 atom stereocenters. The smallest absolute Gasteiger partial charge is 0.280 e. The molecule has 0 spiro atoms. The van der Waals surface area contributed by atoms with Gasteiger partial charge in [0.1, 0.15) is 11.3 Å². The average Bonchev–Trinajstić information content (AvgIpc) is 2.67. The Bertz CT molecular complexity index is 1130. The number of amides is 1. The fourth-order valence-corrected chi connectivity index (χ4v) is 3.49. The Kier molecular flexibility index (Phi) is 4.24. The van der Waals surface area contributed by atoms with Crippen LogP contribution in [-0.4, -0.2) is 21.8 Å². The number of carbonyl (C=O) groups is 1. The number of pyridine rings is 1. The van der Waals surface area contributed by atoms with Crippen LogP contribution in [0.1, 0.15) is 33.5 Å². The first-order chi connectivity index (χ1) is 13.1. The van der Waals surface area contributed by atoms with Gasteiger partial charge in [-0.2, -0.15) is 5.10 Å². The number of nitrogens with zero attached hydrogens (tertiary/aromatic N) is 2. The zero-order chi connectivity index (χ0) is 19.0. The van der Waals surface area contributed by atoms with Crippen molar-refractivity contribution >= 4 is 23.0 Å². The number of hydrazone groups is 1. The van der Waals surface area contributed by atoms with Gasteiger partial charge in [-0.3, -0.25) is 9.59 Å². The number of aromatic nitrogens is 1. The third kappa shape index (κ3) is 2.99. The molecule has 0 saturated carbocycles. The van der Waals surface area contributed by atoms with Crippen LogP contribution in [-0.2, 0) is 13.0 Å². The van der Waals surface area contributed by atoms with Gasteiger partial charge in [0.2, 0.25) is 0 Å². The average molecular weight is 361 g/mol. The molecule has 2 N–H and O–H groups in total. The molecule has 0 radical (unpaired) electrons. The van der Waals surface area contributed by atoms with Crippen molar-refractivity contribution in [2.24, 2.45) is 5.10 Å². The summed E-state index contributed by atoms with van der Waals surface area (Å²) in [5.41, 5.74) is 5.25. The van der Waals surface area contributed by atoms with E-state index in [0.29, 0.717) is 17.4 Å². The SMILES string of the molecule is Cc1ccc(/C=N\NC(=O)c2c(O)c3cccc4c3n(c2=O)CCC4)cc1. The minimum absolute atomic E-state index is 0.275. The van der Waals surface area contributed by atoms with Gasteiger partial charge in [-0.15, -0.1) is 0 Å². The molecule has 1 amide bonds. The number of rotatable bonds is 3. The molecule has 2 heterocycles. The van der Waals surface area contributed by atoms with Crippen LogP contribution in [0.2, 0.25) is 0 Å². The van der Waals surface area contributed by atoms with E-state index in [4.69, 9.17) is 0 Å². The summed E-state index contributed by atoms with van der Waals surface area (Å²) < 4.78 is 1.58. The summed E-state index contributed by atoms with van der Waals surface area (Å²) in [4.78, 5) is 25.4. The largest absolute Gasteiger partial charge is 0.506 e. The molecule has 0 aliphatic carbocycles. The van der Waals surface area contributed by atoms with Crippen LogP contribution in [0.3, 0.4) is 0 Å². The van der Waals surface area contributed by atoms with Crippen molar-refractivity contribution in [2.45, 2.75) is 26.3 Å². The minimum atomic E-state index is -0.720. The van der Waals surface area contributed by atoms with Gasteiger partial charge in [0.25, 0.3) is 11.5 Å². The number of aromatic hydroxyl groups is 1. The molecule has 0 fully saturated rings. The Morgan fingerprint density at radius 3 is 2.78 bits per heavy atom. The van der Waals surface area contributed by atoms with E-state index in [0.717, 1.165) is 29.5 Å². The Morgan fingerprint density at radius 2 is 2.00 bits per heavy atom. The lowest BCUT2D eigenvalue weighted by atomic mass is 9.99. The summed E-state index contributed by atoms with van der Waals surface area (Å²) in [6.45, 7) is 2.51. The maximum Gasteiger partial charge on any atom is 0.280 e. The normalized spacial score (nSPS) is 13.2. The van der Waals surface area contributed by atoms with Crippen LogP contribution in [0.25, 0.3) is 10.9 Å². The highest BCUT2D eigenvalue weighted by Crippen LogP contribution is 2.31. The molecule has 0 saturated heterocycles. The van der Waals surface area contributed by atoms with E-state index in [1.54, 1.807) is 10.6 Å². The molecule has 6 heteroatoms. The van der Waals surface area contributed by atoms with E-state index in [-0.39, 0.29) is 11.3 Å². The third-order valence-electron chi connectivity index (χ3n) is 4.85. The van der Waals surface area contributed by atoms with Crippen LogP contribution in [0.4, 0.5) is 0 Å². The molecule has 2 aromatic carbocycles. The number of para-hydroxylation sites is 1. The Labute approximate surface area is 155 Å². The molecule has 0 bridgehead atoms. The summed E-state index contributed by atoms with van der Waals surface area (Å²) in [7, 11) is 0. The molecule has 1 aromatic heterocycles. The van der Waals surface area contributed by atoms with Crippen LogP contribution in [0.5, 0.6) is 5.75 Å². The van der Waals surface area contributed by atoms with Crippen molar-refractivity contribution in [3.05, 3.63) is 75.1 Å². The van der Waals surface area contributed by atoms with E-state index in [2.05, 4.69) is 10.5 Å². The summed E-state index contributed by atoms with van der Waals surface area (Å²) in [6.07, 6.45) is 3.17. The van der Waals surface area contributed by atoms with Gasteiger partial charge in [0.05, 0.1) is 11.7 Å². The first-order valence-corrected chi connectivity index (χ1v) is 8.83. The summed E-state index contributed by atoms with van der Waals surface area (Å²) >= 11 is 0. The number of benzene rings is 2. The fourth-order valence-electron chi connectivity index (χ4n) is 3.49. The maximum absolute atomic E-state index is 12.8. The Balaban J connectivity index is 1.70. The van der Waals surface area contributed by atoms with E-state index in [1.165, 1.54) is 6.21 Å². The van der Waals surface area contributed by atoms with Crippen molar-refractivity contribution < 1.29 is 9.90 Å². The summed E-state index contributed by atoms with van der Waals surface area (Å²) in [5, 5.41) is 15.0. The lowest BCUT2D eigenvalue weighted by molar-refractivity contribution is 0.0950. The number of aryl methyl sites for hydroxylation is 3. The van der Waals surface area contributed by atoms with Crippen LogP contribution < -0.4 is 11.0 Å². The second-order valence-electron chi connectivity index (χ2n) is 6.71. The van der Waals surface area contributed by atoms with E-state index in [9.17, 15) is 14.7 Å². The topological polar surface area (TPSA) is 83.7 Å². The molecular formula is C21H19N3O3. The zero-order valence-electron chi connectivity index (χ0n) is 14.9. The third-order valence-corrected chi connectivity index (χ3v) is 4.85. The molecule has 27 heavy (non-hydrogen) atoms. The molecule has 136 valence electrons. The van der Waals surface area contributed by atoms with Crippen LogP contribution in [0, 0.1) is 6.92 Å². The van der Waals surface area contributed by atoms with Gasteiger partial charge in [-0.25, -0.2) is 5.43 Å². The first-order valence-electron chi connectivity index (χ1n) is 8.83. The standard InChI is InChI=1S/C21H19N3O3/c1-13-7-9-14(10-8-13)12-22-23-20(26)17-19(25)16-6-2-4-15-5-3-11-24(18(15)16)21(17)27/h2,4,6-10,12,25H,3,5,11H2,1H3,(H,23,26)/b22-12-.